The molecule has 0 atom stereocenters. The van der Waals surface area contributed by atoms with E-state index in [0.717, 1.165) is 0 Å². The summed E-state index contributed by atoms with van der Waals surface area (Å²) in [5.41, 5.74) is 6.58. The average molecular weight is 238 g/mol. The van der Waals surface area contributed by atoms with Gasteiger partial charge in [0.1, 0.15) is 5.75 Å². The Morgan fingerprint density at radius 2 is 2.24 bits per heavy atom. The Morgan fingerprint density at radius 1 is 1.53 bits per heavy atom. The summed E-state index contributed by atoms with van der Waals surface area (Å²) in [6.07, 6.45) is 0. The van der Waals surface area contributed by atoms with Gasteiger partial charge >= 0.3 is 0 Å². The molecule has 1 rings (SSSR count). The van der Waals surface area contributed by atoms with Crippen molar-refractivity contribution in [2.45, 2.75) is 6.92 Å². The molecule has 0 bridgehead atoms. The number of amides is 1. The molecule has 5 heteroatoms. The molecule has 1 aromatic rings. The SMILES string of the molecule is CCN(CCO)C(=O)c1cccc(OC)c1N. The second kappa shape index (κ2) is 6.10. The van der Waals surface area contributed by atoms with E-state index in [1.54, 1.807) is 18.2 Å². The zero-order valence-electron chi connectivity index (χ0n) is 10.1. The van der Waals surface area contributed by atoms with E-state index in [2.05, 4.69) is 0 Å². The first-order valence-electron chi connectivity index (χ1n) is 5.48. The summed E-state index contributed by atoms with van der Waals surface area (Å²) in [7, 11) is 1.51. The van der Waals surface area contributed by atoms with E-state index in [1.165, 1.54) is 12.0 Å². The van der Waals surface area contributed by atoms with Gasteiger partial charge in [0.15, 0.2) is 0 Å². The van der Waals surface area contributed by atoms with Gasteiger partial charge < -0.3 is 20.5 Å². The van der Waals surface area contributed by atoms with Crippen LogP contribution < -0.4 is 10.5 Å². The molecule has 0 aliphatic carbocycles. The van der Waals surface area contributed by atoms with E-state index in [9.17, 15) is 4.79 Å². The van der Waals surface area contributed by atoms with Crippen LogP contribution in [0.5, 0.6) is 5.75 Å². The number of nitrogens with zero attached hydrogens (tertiary/aromatic N) is 1. The number of ether oxygens (including phenoxy) is 1. The summed E-state index contributed by atoms with van der Waals surface area (Å²) in [6.45, 7) is 2.61. The van der Waals surface area contributed by atoms with Crippen LogP contribution in [0.4, 0.5) is 5.69 Å². The predicted molar refractivity (Wildman–Crippen MR) is 66.1 cm³/mol. The van der Waals surface area contributed by atoms with Crippen LogP contribution in [0.2, 0.25) is 0 Å². The molecule has 0 saturated carbocycles. The Balaban J connectivity index is 3.02. The third kappa shape index (κ3) is 2.88. The van der Waals surface area contributed by atoms with Gasteiger partial charge in [-0.1, -0.05) is 6.07 Å². The van der Waals surface area contributed by atoms with Crippen molar-refractivity contribution < 1.29 is 14.6 Å². The zero-order valence-corrected chi connectivity index (χ0v) is 10.1. The number of para-hydroxylation sites is 1. The van der Waals surface area contributed by atoms with E-state index in [0.29, 0.717) is 30.1 Å². The van der Waals surface area contributed by atoms with Crippen LogP contribution in [0.1, 0.15) is 17.3 Å². The monoisotopic (exact) mass is 238 g/mol. The summed E-state index contributed by atoms with van der Waals surface area (Å²) in [5.74, 6) is 0.286. The molecule has 1 aromatic carbocycles. The minimum Gasteiger partial charge on any atom is -0.495 e. The number of nitrogen functional groups attached to an aromatic ring is 1. The quantitative estimate of drug-likeness (QED) is 0.741. The highest BCUT2D eigenvalue weighted by Gasteiger charge is 2.18. The second-order valence-corrected chi connectivity index (χ2v) is 3.53. The van der Waals surface area contributed by atoms with Crippen LogP contribution in [0.15, 0.2) is 18.2 Å². The molecule has 5 nitrogen and oxygen atoms in total. The number of aliphatic hydroxyl groups excluding tert-OH is 1. The third-order valence-corrected chi connectivity index (χ3v) is 2.56. The van der Waals surface area contributed by atoms with Crippen molar-refractivity contribution >= 4 is 11.6 Å². The predicted octanol–water partition coefficient (Wildman–Crippen LogP) is 0.732. The standard InChI is InChI=1S/C12H18N2O3/c1-3-14(7-8-15)12(16)9-5-4-6-10(17-2)11(9)13/h4-6,15H,3,7-8,13H2,1-2H3. The fourth-order valence-electron chi connectivity index (χ4n) is 1.60. The Hall–Kier alpha value is -1.75. The number of aliphatic hydroxyl groups is 1. The molecule has 0 aliphatic heterocycles. The topological polar surface area (TPSA) is 75.8 Å². The summed E-state index contributed by atoms with van der Waals surface area (Å²) < 4.78 is 5.06. The van der Waals surface area contributed by atoms with E-state index < -0.39 is 0 Å². The van der Waals surface area contributed by atoms with Crippen molar-refractivity contribution in [1.82, 2.24) is 4.90 Å². The highest BCUT2D eigenvalue weighted by Crippen LogP contribution is 2.25. The Morgan fingerprint density at radius 3 is 2.76 bits per heavy atom. The van der Waals surface area contributed by atoms with Crippen molar-refractivity contribution in [2.24, 2.45) is 0 Å². The third-order valence-electron chi connectivity index (χ3n) is 2.56. The normalized spacial score (nSPS) is 10.1. The lowest BCUT2D eigenvalue weighted by Gasteiger charge is -2.21. The molecule has 0 fully saturated rings. The summed E-state index contributed by atoms with van der Waals surface area (Å²) in [5, 5.41) is 8.88. The van der Waals surface area contributed by atoms with Gasteiger partial charge in [0.05, 0.1) is 25.0 Å². The van der Waals surface area contributed by atoms with Gasteiger partial charge in [-0.3, -0.25) is 4.79 Å². The number of carbonyl (C=O) groups is 1. The van der Waals surface area contributed by atoms with E-state index in [-0.39, 0.29) is 12.5 Å². The van der Waals surface area contributed by atoms with Gasteiger partial charge in [-0.2, -0.15) is 0 Å². The van der Waals surface area contributed by atoms with E-state index in [1.807, 2.05) is 6.92 Å². The lowest BCUT2D eigenvalue weighted by Crippen LogP contribution is -2.33. The Bertz CT molecular complexity index is 393. The fraction of sp³-hybridized carbons (Fsp3) is 0.417. The number of likely N-dealkylation sites (N-methyl/N-ethyl adjacent to an activating group) is 1. The van der Waals surface area contributed by atoms with Gasteiger partial charge in [-0.05, 0) is 19.1 Å². The average Bonchev–Trinajstić information content (AvgIpc) is 2.35. The highest BCUT2D eigenvalue weighted by molar-refractivity contribution is 6.00. The smallest absolute Gasteiger partial charge is 0.256 e. The largest absolute Gasteiger partial charge is 0.495 e. The van der Waals surface area contributed by atoms with Crippen LogP contribution in [-0.4, -0.2) is 42.7 Å². The van der Waals surface area contributed by atoms with Gasteiger partial charge in [0.2, 0.25) is 0 Å². The molecule has 94 valence electrons. The maximum atomic E-state index is 12.1. The lowest BCUT2D eigenvalue weighted by atomic mass is 10.1. The van der Waals surface area contributed by atoms with Gasteiger partial charge in [-0.25, -0.2) is 0 Å². The van der Waals surface area contributed by atoms with Crippen LogP contribution in [0.3, 0.4) is 0 Å². The maximum absolute atomic E-state index is 12.1. The molecular weight excluding hydrogens is 220 g/mol. The van der Waals surface area contributed by atoms with Crippen LogP contribution in [0.25, 0.3) is 0 Å². The molecule has 0 saturated heterocycles. The van der Waals surface area contributed by atoms with Crippen molar-refractivity contribution in [3.8, 4) is 5.75 Å². The maximum Gasteiger partial charge on any atom is 0.256 e. The number of methoxy groups -OCH3 is 1. The molecule has 1 amide bonds. The van der Waals surface area contributed by atoms with E-state index in [4.69, 9.17) is 15.6 Å². The molecule has 0 spiro atoms. The number of hydrogen-bond donors (Lipinski definition) is 2. The van der Waals surface area contributed by atoms with Gasteiger partial charge in [-0.15, -0.1) is 0 Å². The highest BCUT2D eigenvalue weighted by atomic mass is 16.5. The van der Waals surface area contributed by atoms with Crippen LogP contribution >= 0.6 is 0 Å². The molecule has 17 heavy (non-hydrogen) atoms. The molecule has 0 aromatic heterocycles. The van der Waals surface area contributed by atoms with Gasteiger partial charge in [0, 0.05) is 13.1 Å². The Kier molecular flexibility index (Phi) is 4.78. The summed E-state index contributed by atoms with van der Waals surface area (Å²) in [4.78, 5) is 13.7. The van der Waals surface area contributed by atoms with Crippen molar-refractivity contribution in [2.75, 3.05) is 32.5 Å². The Labute approximate surface area is 101 Å². The first kappa shape index (κ1) is 13.3. The molecule has 3 N–H and O–H groups in total. The first-order chi connectivity index (χ1) is 8.15. The summed E-state index contributed by atoms with van der Waals surface area (Å²) >= 11 is 0. The molecule has 0 aliphatic rings. The molecule has 0 unspecified atom stereocenters. The number of benzene rings is 1. The van der Waals surface area contributed by atoms with Crippen LogP contribution in [-0.2, 0) is 0 Å². The minimum absolute atomic E-state index is 0.0660. The molecule has 0 radical (unpaired) electrons. The van der Waals surface area contributed by atoms with E-state index >= 15 is 0 Å². The number of anilines is 1. The fourth-order valence-corrected chi connectivity index (χ4v) is 1.60. The number of nitrogens with two attached hydrogens (primary N) is 1. The van der Waals surface area contributed by atoms with Crippen molar-refractivity contribution in [3.05, 3.63) is 23.8 Å². The minimum atomic E-state index is -0.196. The lowest BCUT2D eigenvalue weighted by molar-refractivity contribution is 0.0733. The first-order valence-corrected chi connectivity index (χ1v) is 5.48. The zero-order chi connectivity index (χ0) is 12.8. The number of rotatable bonds is 5. The van der Waals surface area contributed by atoms with Gasteiger partial charge in [0.25, 0.3) is 5.91 Å². The molecular formula is C12H18N2O3. The second-order valence-electron chi connectivity index (χ2n) is 3.53. The summed E-state index contributed by atoms with van der Waals surface area (Å²) in [6, 6.07) is 5.07. The number of carbonyl (C=O) groups excluding carboxylic acids is 1. The van der Waals surface area contributed by atoms with Crippen LogP contribution in [0, 0.1) is 0 Å². The number of hydrogen-bond acceptors (Lipinski definition) is 4. The van der Waals surface area contributed by atoms with Crippen molar-refractivity contribution in [3.63, 3.8) is 0 Å². The van der Waals surface area contributed by atoms with Crippen molar-refractivity contribution in [1.29, 1.82) is 0 Å². The molecule has 0 heterocycles.